The van der Waals surface area contributed by atoms with Crippen LogP contribution in [-0.2, 0) is 4.74 Å². The zero-order valence-corrected chi connectivity index (χ0v) is 9.49. The summed E-state index contributed by atoms with van der Waals surface area (Å²) in [6.45, 7) is 0.983. The minimum Gasteiger partial charge on any atom is -0.380 e. The minimum absolute atomic E-state index is 0.292. The SMILES string of the molecule is [SiH3]C1(CCS)CCCCO1. The third-order valence-corrected chi connectivity index (χ3v) is 3.70. The fourth-order valence-corrected chi connectivity index (χ4v) is 3.13. The lowest BCUT2D eigenvalue weighted by Gasteiger charge is -2.33. The average Bonchev–Trinajstić information content (AvgIpc) is 1.89. The molecule has 10 heavy (non-hydrogen) atoms. The van der Waals surface area contributed by atoms with Crippen LogP contribution in [0.25, 0.3) is 0 Å². The molecule has 0 radical (unpaired) electrons. The van der Waals surface area contributed by atoms with Gasteiger partial charge in [-0.25, -0.2) is 0 Å². The Kier molecular flexibility index (Phi) is 3.26. The van der Waals surface area contributed by atoms with E-state index in [2.05, 4.69) is 12.6 Å². The largest absolute Gasteiger partial charge is 0.380 e. The zero-order chi connectivity index (χ0) is 7.45. The third-order valence-electron chi connectivity index (χ3n) is 2.19. The lowest BCUT2D eigenvalue weighted by atomic mass is 10.1. The van der Waals surface area contributed by atoms with Gasteiger partial charge in [0.2, 0.25) is 0 Å². The van der Waals surface area contributed by atoms with Crippen LogP contribution in [-0.4, -0.2) is 27.8 Å². The van der Waals surface area contributed by atoms with E-state index in [1.54, 1.807) is 0 Å². The van der Waals surface area contributed by atoms with Crippen molar-refractivity contribution in [2.24, 2.45) is 0 Å². The Hall–Kier alpha value is 0.527. The number of ether oxygens (including phenoxy) is 1. The van der Waals surface area contributed by atoms with Crippen molar-refractivity contribution in [2.45, 2.75) is 30.9 Å². The second-order valence-corrected chi connectivity index (χ2v) is 5.50. The van der Waals surface area contributed by atoms with Crippen molar-refractivity contribution in [3.63, 3.8) is 0 Å². The van der Waals surface area contributed by atoms with Crippen molar-refractivity contribution in [2.75, 3.05) is 12.4 Å². The Bertz CT molecular complexity index is 96.3. The maximum absolute atomic E-state index is 5.72. The third kappa shape index (κ3) is 2.29. The highest BCUT2D eigenvalue weighted by Crippen LogP contribution is 2.24. The van der Waals surface area contributed by atoms with Gasteiger partial charge in [0.15, 0.2) is 0 Å². The topological polar surface area (TPSA) is 9.23 Å². The maximum atomic E-state index is 5.72. The molecular weight excluding hydrogens is 160 g/mol. The molecule has 0 amide bonds. The normalized spacial score (nSPS) is 34.5. The number of hydrogen-bond acceptors (Lipinski definition) is 2. The van der Waals surface area contributed by atoms with E-state index in [1.165, 1.54) is 29.5 Å². The molecule has 3 heteroatoms. The van der Waals surface area contributed by atoms with Gasteiger partial charge in [0.05, 0.1) is 0 Å². The highest BCUT2D eigenvalue weighted by Gasteiger charge is 2.25. The van der Waals surface area contributed by atoms with E-state index >= 15 is 0 Å². The summed E-state index contributed by atoms with van der Waals surface area (Å²) in [5.74, 6) is 0.976. The summed E-state index contributed by atoms with van der Waals surface area (Å²) in [6, 6.07) is 0. The van der Waals surface area contributed by atoms with Gasteiger partial charge in [0.25, 0.3) is 0 Å². The van der Waals surface area contributed by atoms with Crippen LogP contribution in [0, 0.1) is 0 Å². The van der Waals surface area contributed by atoms with E-state index in [9.17, 15) is 0 Å². The van der Waals surface area contributed by atoms with E-state index in [4.69, 9.17) is 4.74 Å². The Morgan fingerprint density at radius 1 is 1.50 bits per heavy atom. The molecule has 0 spiro atoms. The van der Waals surface area contributed by atoms with Gasteiger partial charge < -0.3 is 4.74 Å². The molecule has 1 rings (SSSR count). The summed E-state index contributed by atoms with van der Waals surface area (Å²) in [4.78, 5) is 0. The van der Waals surface area contributed by atoms with E-state index in [1.807, 2.05) is 0 Å². The molecule has 1 aliphatic rings. The van der Waals surface area contributed by atoms with E-state index in [0.29, 0.717) is 5.22 Å². The van der Waals surface area contributed by atoms with Gasteiger partial charge in [-0.15, -0.1) is 0 Å². The Labute approximate surface area is 71.4 Å². The molecule has 1 nitrogen and oxygen atoms in total. The van der Waals surface area contributed by atoms with Crippen LogP contribution in [0.5, 0.6) is 0 Å². The summed E-state index contributed by atoms with van der Waals surface area (Å²) < 4.78 is 5.72. The smallest absolute Gasteiger partial charge is 0.0493 e. The fraction of sp³-hybridized carbons (Fsp3) is 1.00. The van der Waals surface area contributed by atoms with Crippen molar-refractivity contribution in [1.82, 2.24) is 0 Å². The molecule has 0 saturated carbocycles. The molecular formula is C7H16OSSi. The van der Waals surface area contributed by atoms with Crippen LogP contribution >= 0.6 is 12.6 Å². The van der Waals surface area contributed by atoms with Crippen LogP contribution in [0.2, 0.25) is 0 Å². The van der Waals surface area contributed by atoms with E-state index < -0.39 is 0 Å². The monoisotopic (exact) mass is 176 g/mol. The molecule has 0 aliphatic carbocycles. The average molecular weight is 176 g/mol. The molecule has 1 unspecified atom stereocenters. The molecule has 1 atom stereocenters. The van der Waals surface area contributed by atoms with E-state index in [0.717, 1.165) is 18.8 Å². The first-order valence-corrected chi connectivity index (χ1v) is 5.65. The molecule has 0 aromatic carbocycles. The molecule has 0 aromatic heterocycles. The highest BCUT2D eigenvalue weighted by molar-refractivity contribution is 7.80. The second-order valence-electron chi connectivity index (χ2n) is 3.23. The van der Waals surface area contributed by atoms with E-state index in [-0.39, 0.29) is 0 Å². The molecule has 1 fully saturated rings. The lowest BCUT2D eigenvalue weighted by molar-refractivity contribution is -0.0186. The van der Waals surface area contributed by atoms with Crippen LogP contribution in [0.1, 0.15) is 25.7 Å². The van der Waals surface area contributed by atoms with Gasteiger partial charge in [-0.1, -0.05) is 0 Å². The van der Waals surface area contributed by atoms with Crippen molar-refractivity contribution in [3.8, 4) is 0 Å². The first-order valence-electron chi connectivity index (χ1n) is 4.02. The zero-order valence-electron chi connectivity index (χ0n) is 6.60. The van der Waals surface area contributed by atoms with Crippen LogP contribution in [0.4, 0.5) is 0 Å². The van der Waals surface area contributed by atoms with Gasteiger partial charge in [0.1, 0.15) is 0 Å². The summed E-state index contributed by atoms with van der Waals surface area (Å²) in [7, 11) is 1.17. The summed E-state index contributed by atoms with van der Waals surface area (Å²) in [5.41, 5.74) is 0. The molecule has 1 heterocycles. The molecule has 0 aromatic rings. The first-order chi connectivity index (χ1) is 4.77. The highest BCUT2D eigenvalue weighted by atomic mass is 32.1. The molecule has 0 bridgehead atoms. The van der Waals surface area contributed by atoms with Crippen molar-refractivity contribution < 1.29 is 4.74 Å². The van der Waals surface area contributed by atoms with Crippen LogP contribution in [0.15, 0.2) is 0 Å². The van der Waals surface area contributed by atoms with Crippen molar-refractivity contribution in [1.29, 1.82) is 0 Å². The van der Waals surface area contributed by atoms with Crippen LogP contribution in [0.3, 0.4) is 0 Å². The lowest BCUT2D eigenvalue weighted by Crippen LogP contribution is -2.37. The van der Waals surface area contributed by atoms with Gasteiger partial charge in [0, 0.05) is 22.1 Å². The number of thiol groups is 1. The molecule has 60 valence electrons. The summed E-state index contributed by atoms with van der Waals surface area (Å²) in [5, 5.41) is 0.292. The van der Waals surface area contributed by atoms with Gasteiger partial charge in [-0.3, -0.25) is 0 Å². The van der Waals surface area contributed by atoms with Gasteiger partial charge in [-0.05, 0) is 31.4 Å². The Morgan fingerprint density at radius 3 is 2.80 bits per heavy atom. The van der Waals surface area contributed by atoms with Gasteiger partial charge in [-0.2, -0.15) is 12.6 Å². The summed E-state index contributed by atoms with van der Waals surface area (Å²) in [6.07, 6.45) is 5.05. The molecule has 1 aliphatic heterocycles. The molecule has 1 saturated heterocycles. The van der Waals surface area contributed by atoms with Crippen molar-refractivity contribution >= 4 is 22.9 Å². The first kappa shape index (κ1) is 8.62. The Balaban J connectivity index is 2.32. The number of hydrogen-bond donors (Lipinski definition) is 1. The van der Waals surface area contributed by atoms with Gasteiger partial charge >= 0.3 is 0 Å². The standard InChI is InChI=1S/C7H16OSSi/c9-6-4-7(10)3-1-2-5-8-7/h9H,1-6H2,10H3. The predicted molar refractivity (Wildman–Crippen MR) is 50.9 cm³/mol. The Morgan fingerprint density at radius 2 is 2.30 bits per heavy atom. The predicted octanol–water partition coefficient (Wildman–Crippen LogP) is 0.569. The minimum atomic E-state index is 0.292. The second kappa shape index (κ2) is 3.79. The quantitative estimate of drug-likeness (QED) is 0.478. The summed E-state index contributed by atoms with van der Waals surface area (Å²) >= 11 is 4.23. The maximum Gasteiger partial charge on any atom is 0.0493 e. The number of rotatable bonds is 2. The van der Waals surface area contributed by atoms with Crippen LogP contribution < -0.4 is 0 Å². The van der Waals surface area contributed by atoms with Crippen molar-refractivity contribution in [3.05, 3.63) is 0 Å². The fourth-order valence-electron chi connectivity index (χ4n) is 1.43. The molecule has 0 N–H and O–H groups in total.